The van der Waals surface area contributed by atoms with Crippen molar-refractivity contribution < 1.29 is 14.7 Å². The van der Waals surface area contributed by atoms with Crippen molar-refractivity contribution in [3.63, 3.8) is 0 Å². The van der Waals surface area contributed by atoms with Crippen LogP contribution >= 0.6 is 22.9 Å². The second-order valence-corrected chi connectivity index (χ2v) is 8.38. The minimum absolute atomic E-state index is 0.00138. The first kappa shape index (κ1) is 19.4. The average Bonchev–Trinajstić information content (AvgIpc) is 3.32. The summed E-state index contributed by atoms with van der Waals surface area (Å²) in [7, 11) is 0. The van der Waals surface area contributed by atoms with Crippen LogP contribution in [0.3, 0.4) is 0 Å². The van der Waals surface area contributed by atoms with Gasteiger partial charge < -0.3 is 5.11 Å². The Hall–Kier alpha value is -3.55. The zero-order valence-corrected chi connectivity index (χ0v) is 17.5. The Kier molecular flexibility index (Phi) is 4.77. The number of thiazole rings is 1. The van der Waals surface area contributed by atoms with Gasteiger partial charge in [0.1, 0.15) is 5.76 Å². The highest BCUT2D eigenvalue weighted by atomic mass is 35.5. The molecule has 5 rings (SSSR count). The summed E-state index contributed by atoms with van der Waals surface area (Å²) in [5.74, 6) is -1.76. The van der Waals surface area contributed by atoms with E-state index in [1.165, 1.54) is 16.2 Å². The maximum absolute atomic E-state index is 13.1. The van der Waals surface area contributed by atoms with Gasteiger partial charge in [0.15, 0.2) is 5.13 Å². The van der Waals surface area contributed by atoms with Crippen LogP contribution in [-0.4, -0.2) is 26.8 Å². The van der Waals surface area contributed by atoms with Crippen LogP contribution in [0.15, 0.2) is 78.6 Å². The molecule has 1 N–H and O–H groups in total. The van der Waals surface area contributed by atoms with E-state index in [-0.39, 0.29) is 11.3 Å². The molecule has 0 aliphatic carbocycles. The number of aliphatic hydroxyl groups is 1. The van der Waals surface area contributed by atoms with Gasteiger partial charge in [0.25, 0.3) is 5.78 Å². The predicted octanol–water partition coefficient (Wildman–Crippen LogP) is 4.97. The Balaban J connectivity index is 1.73. The van der Waals surface area contributed by atoms with Crippen LogP contribution in [0.4, 0.5) is 5.13 Å². The summed E-state index contributed by atoms with van der Waals surface area (Å²) in [5, 5.41) is 11.9. The van der Waals surface area contributed by atoms with Crippen LogP contribution in [-0.2, 0) is 9.59 Å². The molecule has 0 saturated carbocycles. The van der Waals surface area contributed by atoms with Crippen molar-refractivity contribution in [1.29, 1.82) is 0 Å². The summed E-state index contributed by atoms with van der Waals surface area (Å²) in [5.41, 5.74) is 1.71. The molecule has 1 unspecified atom stereocenters. The molecule has 8 heteroatoms. The lowest BCUT2D eigenvalue weighted by atomic mass is 9.96. The van der Waals surface area contributed by atoms with E-state index >= 15 is 0 Å². The zero-order valence-electron chi connectivity index (χ0n) is 15.9. The van der Waals surface area contributed by atoms with E-state index in [0.29, 0.717) is 26.8 Å². The summed E-state index contributed by atoms with van der Waals surface area (Å²) in [4.78, 5) is 36.2. The normalized spacial score (nSPS) is 18.1. The molecule has 0 radical (unpaired) electrons. The average molecular weight is 448 g/mol. The number of pyridine rings is 1. The van der Waals surface area contributed by atoms with Gasteiger partial charge in [-0.05, 0) is 29.8 Å². The third-order valence-corrected chi connectivity index (χ3v) is 6.29. The van der Waals surface area contributed by atoms with Crippen LogP contribution in [0.2, 0.25) is 5.02 Å². The number of aromatic nitrogens is 2. The minimum atomic E-state index is -0.857. The number of hydrogen-bond acceptors (Lipinski definition) is 6. The number of carbonyl (C=O) groups is 2. The summed E-state index contributed by atoms with van der Waals surface area (Å²) in [6.45, 7) is 0. The quantitative estimate of drug-likeness (QED) is 0.272. The van der Waals surface area contributed by atoms with Gasteiger partial charge in [0, 0.05) is 23.0 Å². The molecule has 1 aliphatic heterocycles. The van der Waals surface area contributed by atoms with E-state index in [9.17, 15) is 14.7 Å². The number of carbonyl (C=O) groups excluding carboxylic acids is 2. The molecular formula is C23H14ClN3O3S. The Morgan fingerprint density at radius 3 is 2.61 bits per heavy atom. The van der Waals surface area contributed by atoms with Crippen molar-refractivity contribution in [2.24, 2.45) is 0 Å². The standard InChI is InChI=1S/C23H14ClN3O3S/c24-15-8-9-16-17(11-15)31-23(26-16)27-19(14-7-4-10-25-12-14)18(21(29)22(27)30)20(28)13-5-2-1-3-6-13/h1-12,19,28H/b20-18+. The number of rotatable bonds is 3. The number of ketones is 1. The fourth-order valence-corrected chi connectivity index (χ4v) is 4.89. The van der Waals surface area contributed by atoms with Crippen molar-refractivity contribution in [2.75, 3.05) is 4.90 Å². The third kappa shape index (κ3) is 3.28. The predicted molar refractivity (Wildman–Crippen MR) is 120 cm³/mol. The lowest BCUT2D eigenvalue weighted by Crippen LogP contribution is -2.29. The molecule has 0 bridgehead atoms. The number of Topliss-reactive ketones (excluding diaryl/α,β-unsaturated/α-hetero) is 1. The maximum atomic E-state index is 13.1. The van der Waals surface area contributed by atoms with Crippen molar-refractivity contribution >= 4 is 55.7 Å². The number of hydrogen-bond donors (Lipinski definition) is 1. The summed E-state index contributed by atoms with van der Waals surface area (Å²) in [6, 6.07) is 16.5. The van der Waals surface area contributed by atoms with Crippen LogP contribution < -0.4 is 4.90 Å². The van der Waals surface area contributed by atoms with Crippen molar-refractivity contribution in [2.45, 2.75) is 6.04 Å². The Morgan fingerprint density at radius 2 is 1.87 bits per heavy atom. The lowest BCUT2D eigenvalue weighted by molar-refractivity contribution is -0.132. The highest BCUT2D eigenvalue weighted by Crippen LogP contribution is 2.44. The molecule has 6 nitrogen and oxygen atoms in total. The van der Waals surface area contributed by atoms with Gasteiger partial charge in [-0.15, -0.1) is 0 Å². The van der Waals surface area contributed by atoms with E-state index in [2.05, 4.69) is 9.97 Å². The molecule has 1 saturated heterocycles. The maximum Gasteiger partial charge on any atom is 0.301 e. The number of amides is 1. The van der Waals surface area contributed by atoms with Gasteiger partial charge in [0.2, 0.25) is 0 Å². The molecule has 152 valence electrons. The topological polar surface area (TPSA) is 83.4 Å². The summed E-state index contributed by atoms with van der Waals surface area (Å²) >= 11 is 7.35. The van der Waals surface area contributed by atoms with E-state index in [1.54, 1.807) is 73.1 Å². The minimum Gasteiger partial charge on any atom is -0.507 e. The lowest BCUT2D eigenvalue weighted by Gasteiger charge is -2.22. The Morgan fingerprint density at radius 1 is 1.06 bits per heavy atom. The van der Waals surface area contributed by atoms with Gasteiger partial charge >= 0.3 is 5.91 Å². The van der Waals surface area contributed by atoms with Gasteiger partial charge in [-0.25, -0.2) is 4.98 Å². The van der Waals surface area contributed by atoms with Gasteiger partial charge in [-0.1, -0.05) is 59.3 Å². The van der Waals surface area contributed by atoms with Crippen molar-refractivity contribution in [3.05, 3.63) is 94.8 Å². The number of fused-ring (bicyclic) bond motifs is 1. The largest absolute Gasteiger partial charge is 0.507 e. The van der Waals surface area contributed by atoms with Gasteiger partial charge in [-0.2, -0.15) is 0 Å². The van der Waals surface area contributed by atoms with Crippen LogP contribution in [0.5, 0.6) is 0 Å². The van der Waals surface area contributed by atoms with Crippen LogP contribution in [0.25, 0.3) is 16.0 Å². The fourth-order valence-electron chi connectivity index (χ4n) is 3.62. The first-order valence-corrected chi connectivity index (χ1v) is 10.6. The number of aliphatic hydroxyl groups excluding tert-OH is 1. The van der Waals surface area contributed by atoms with E-state index in [4.69, 9.17) is 11.6 Å². The molecular weight excluding hydrogens is 434 g/mol. The number of benzene rings is 2. The molecule has 1 aliphatic rings. The smallest absolute Gasteiger partial charge is 0.301 e. The second kappa shape index (κ2) is 7.61. The third-order valence-electron chi connectivity index (χ3n) is 5.04. The zero-order chi connectivity index (χ0) is 21.5. The molecule has 1 amide bonds. The van der Waals surface area contributed by atoms with Crippen molar-refractivity contribution in [3.8, 4) is 0 Å². The molecule has 2 aromatic carbocycles. The molecule has 31 heavy (non-hydrogen) atoms. The van der Waals surface area contributed by atoms with Crippen molar-refractivity contribution in [1.82, 2.24) is 9.97 Å². The Labute approximate surface area is 186 Å². The van der Waals surface area contributed by atoms with Gasteiger partial charge in [-0.3, -0.25) is 19.5 Å². The highest BCUT2D eigenvalue weighted by Gasteiger charge is 2.48. The fraction of sp³-hybridized carbons (Fsp3) is 0.0435. The highest BCUT2D eigenvalue weighted by molar-refractivity contribution is 7.22. The Bertz CT molecular complexity index is 1350. The molecule has 1 atom stereocenters. The van der Waals surface area contributed by atoms with Crippen LogP contribution in [0.1, 0.15) is 17.2 Å². The molecule has 0 spiro atoms. The monoisotopic (exact) mass is 447 g/mol. The van der Waals surface area contributed by atoms with E-state index in [0.717, 1.165) is 4.70 Å². The first-order valence-electron chi connectivity index (χ1n) is 9.37. The molecule has 4 aromatic rings. The molecule has 2 aromatic heterocycles. The molecule has 3 heterocycles. The number of anilines is 1. The number of halogens is 1. The first-order chi connectivity index (χ1) is 15.0. The summed E-state index contributed by atoms with van der Waals surface area (Å²) in [6.07, 6.45) is 3.18. The SMILES string of the molecule is O=C1C(=O)N(c2nc3ccc(Cl)cc3s2)C(c2cccnc2)/C1=C(\O)c1ccccc1. The van der Waals surface area contributed by atoms with Gasteiger partial charge in [0.05, 0.1) is 21.8 Å². The van der Waals surface area contributed by atoms with E-state index < -0.39 is 17.7 Å². The second-order valence-electron chi connectivity index (χ2n) is 6.93. The van der Waals surface area contributed by atoms with E-state index in [1.807, 2.05) is 0 Å². The number of nitrogens with zero attached hydrogens (tertiary/aromatic N) is 3. The molecule has 1 fully saturated rings. The van der Waals surface area contributed by atoms with Crippen LogP contribution in [0, 0.1) is 0 Å². The summed E-state index contributed by atoms with van der Waals surface area (Å²) < 4.78 is 0.789.